The molecule has 1 aliphatic rings. The number of hydrogen-bond acceptors (Lipinski definition) is 4. The number of likely N-dealkylation sites (tertiary alicyclic amines) is 1. The van der Waals surface area contributed by atoms with Gasteiger partial charge in [0, 0.05) is 32.8 Å². The third-order valence-corrected chi connectivity index (χ3v) is 5.78. The second-order valence-electron chi connectivity index (χ2n) is 8.11. The molecule has 32 heavy (non-hydrogen) atoms. The molecular formula is C26H31N3O3. The Morgan fingerprint density at radius 2 is 1.91 bits per heavy atom. The summed E-state index contributed by atoms with van der Waals surface area (Å²) >= 11 is 0. The van der Waals surface area contributed by atoms with E-state index in [2.05, 4.69) is 16.9 Å². The van der Waals surface area contributed by atoms with Crippen LogP contribution < -0.4 is 5.32 Å². The van der Waals surface area contributed by atoms with E-state index >= 15 is 0 Å². The van der Waals surface area contributed by atoms with Crippen LogP contribution in [0.3, 0.4) is 0 Å². The Morgan fingerprint density at radius 3 is 2.56 bits per heavy atom. The highest BCUT2D eigenvalue weighted by atomic mass is 16.3. The number of β-amino-alcohol motifs (C(OH)–C–C–N with tert-alkyl or cyclic N) is 1. The van der Waals surface area contributed by atoms with Crippen molar-refractivity contribution in [3.63, 3.8) is 0 Å². The summed E-state index contributed by atoms with van der Waals surface area (Å²) in [6.45, 7) is 4.35. The number of hydrogen-bond donors (Lipinski definition) is 2. The van der Waals surface area contributed by atoms with Gasteiger partial charge in [-0.15, -0.1) is 6.58 Å². The number of amides is 2. The van der Waals surface area contributed by atoms with Gasteiger partial charge in [0.1, 0.15) is 6.04 Å². The first-order chi connectivity index (χ1) is 15.5. The fourth-order valence-electron chi connectivity index (χ4n) is 4.01. The molecule has 1 fully saturated rings. The molecule has 1 heterocycles. The predicted molar refractivity (Wildman–Crippen MR) is 126 cm³/mol. The van der Waals surface area contributed by atoms with Crippen LogP contribution in [0.5, 0.6) is 0 Å². The minimum Gasteiger partial charge on any atom is -0.391 e. The first-order valence-electron chi connectivity index (χ1n) is 11.0. The number of aliphatic hydroxyl groups is 1. The van der Waals surface area contributed by atoms with Crippen LogP contribution in [0.2, 0.25) is 0 Å². The Kier molecular flexibility index (Phi) is 8.34. The van der Waals surface area contributed by atoms with Crippen molar-refractivity contribution in [3.05, 3.63) is 83.9 Å². The maximum Gasteiger partial charge on any atom is 0.243 e. The van der Waals surface area contributed by atoms with E-state index < -0.39 is 18.1 Å². The summed E-state index contributed by atoms with van der Waals surface area (Å²) in [5.74, 6) is -0.806. The Labute approximate surface area is 189 Å². The Bertz CT molecular complexity index is 941. The zero-order chi connectivity index (χ0) is 22.9. The van der Waals surface area contributed by atoms with Crippen molar-refractivity contribution in [1.82, 2.24) is 10.2 Å². The highest BCUT2D eigenvalue weighted by Crippen LogP contribution is 2.23. The Balaban J connectivity index is 1.60. The van der Waals surface area contributed by atoms with Crippen LogP contribution >= 0.6 is 0 Å². The molecule has 2 aromatic carbocycles. The summed E-state index contributed by atoms with van der Waals surface area (Å²) in [7, 11) is 1.72. The van der Waals surface area contributed by atoms with Crippen LogP contribution in [-0.2, 0) is 22.6 Å². The Morgan fingerprint density at radius 1 is 1.19 bits per heavy atom. The average Bonchev–Trinajstić information content (AvgIpc) is 3.21. The SMILES string of the molecule is C=C[C@H](CCc1ccccc1)C(=O)N1C[C@@H](O)C[C@H]1C(=O)NCc1ccc(/C=N\C)cc1. The predicted octanol–water partition coefficient (Wildman–Crippen LogP) is 2.75. The first kappa shape index (κ1) is 23.4. The number of aliphatic imine (C=N–C) groups is 1. The van der Waals surface area contributed by atoms with Crippen molar-refractivity contribution in [2.24, 2.45) is 10.9 Å². The second kappa shape index (κ2) is 11.4. The molecule has 1 aliphatic heterocycles. The van der Waals surface area contributed by atoms with Gasteiger partial charge in [-0.1, -0.05) is 60.7 Å². The minimum atomic E-state index is -0.707. The smallest absolute Gasteiger partial charge is 0.243 e. The average molecular weight is 434 g/mol. The molecule has 2 aromatic rings. The molecule has 0 radical (unpaired) electrons. The van der Waals surface area contributed by atoms with Gasteiger partial charge in [0.05, 0.1) is 12.0 Å². The molecule has 0 spiro atoms. The minimum absolute atomic E-state index is 0.157. The van der Waals surface area contributed by atoms with Crippen molar-refractivity contribution in [1.29, 1.82) is 0 Å². The van der Waals surface area contributed by atoms with Crippen molar-refractivity contribution in [2.45, 2.75) is 38.0 Å². The van der Waals surface area contributed by atoms with Crippen LogP contribution in [-0.4, -0.2) is 53.8 Å². The maximum absolute atomic E-state index is 13.2. The van der Waals surface area contributed by atoms with Gasteiger partial charge < -0.3 is 15.3 Å². The van der Waals surface area contributed by atoms with Gasteiger partial charge in [-0.05, 0) is 29.5 Å². The van der Waals surface area contributed by atoms with E-state index in [1.807, 2.05) is 54.6 Å². The molecule has 0 aliphatic carbocycles. The molecule has 2 amide bonds. The summed E-state index contributed by atoms with van der Waals surface area (Å²) < 4.78 is 0. The lowest BCUT2D eigenvalue weighted by Gasteiger charge is -2.27. The van der Waals surface area contributed by atoms with E-state index in [0.29, 0.717) is 13.0 Å². The second-order valence-corrected chi connectivity index (χ2v) is 8.11. The van der Waals surface area contributed by atoms with Gasteiger partial charge in [0.25, 0.3) is 0 Å². The number of carbonyl (C=O) groups excluding carboxylic acids is 2. The summed E-state index contributed by atoms with van der Waals surface area (Å²) in [5.41, 5.74) is 3.10. The highest BCUT2D eigenvalue weighted by Gasteiger charge is 2.40. The molecule has 3 atom stereocenters. The van der Waals surface area contributed by atoms with Gasteiger partial charge in [-0.25, -0.2) is 0 Å². The van der Waals surface area contributed by atoms with Gasteiger partial charge in [0.15, 0.2) is 0 Å². The van der Waals surface area contributed by atoms with E-state index in [4.69, 9.17) is 0 Å². The van der Waals surface area contributed by atoms with Crippen molar-refractivity contribution < 1.29 is 14.7 Å². The lowest BCUT2D eigenvalue weighted by atomic mass is 9.97. The summed E-state index contributed by atoms with van der Waals surface area (Å²) in [5, 5.41) is 13.1. The number of nitrogens with one attached hydrogen (secondary N) is 1. The summed E-state index contributed by atoms with van der Waals surface area (Å²) in [6, 6.07) is 17.0. The van der Waals surface area contributed by atoms with Crippen LogP contribution in [0, 0.1) is 5.92 Å². The lowest BCUT2D eigenvalue weighted by Crippen LogP contribution is -2.47. The molecule has 2 N–H and O–H groups in total. The quantitative estimate of drug-likeness (QED) is 0.471. The highest BCUT2D eigenvalue weighted by molar-refractivity contribution is 5.90. The fourth-order valence-corrected chi connectivity index (χ4v) is 4.01. The summed E-state index contributed by atoms with van der Waals surface area (Å²) in [4.78, 5) is 31.6. The maximum atomic E-state index is 13.2. The first-order valence-corrected chi connectivity index (χ1v) is 11.0. The van der Waals surface area contributed by atoms with Crippen molar-refractivity contribution >= 4 is 18.0 Å². The molecule has 6 nitrogen and oxygen atoms in total. The van der Waals surface area contributed by atoms with Crippen LogP contribution in [0.15, 0.2) is 72.2 Å². The van der Waals surface area contributed by atoms with Crippen molar-refractivity contribution in [2.75, 3.05) is 13.6 Å². The molecule has 3 rings (SSSR count). The zero-order valence-electron chi connectivity index (χ0n) is 18.5. The molecular weight excluding hydrogens is 402 g/mol. The number of carbonyl (C=O) groups is 2. The third-order valence-electron chi connectivity index (χ3n) is 5.78. The number of aryl methyl sites for hydroxylation is 1. The molecule has 0 bridgehead atoms. The van der Waals surface area contributed by atoms with Gasteiger partial charge in [-0.3, -0.25) is 14.6 Å². The molecule has 0 unspecified atom stereocenters. The van der Waals surface area contributed by atoms with E-state index in [-0.39, 0.29) is 24.8 Å². The largest absolute Gasteiger partial charge is 0.391 e. The topological polar surface area (TPSA) is 82.0 Å². The normalized spacial score (nSPS) is 19.1. The monoisotopic (exact) mass is 433 g/mol. The van der Waals surface area contributed by atoms with Crippen LogP contribution in [0.1, 0.15) is 29.5 Å². The van der Waals surface area contributed by atoms with E-state index in [9.17, 15) is 14.7 Å². The molecule has 1 saturated heterocycles. The van der Waals surface area contributed by atoms with Crippen LogP contribution in [0.25, 0.3) is 0 Å². The van der Waals surface area contributed by atoms with E-state index in [1.54, 1.807) is 19.3 Å². The van der Waals surface area contributed by atoms with E-state index in [0.717, 1.165) is 23.1 Å². The van der Waals surface area contributed by atoms with Crippen molar-refractivity contribution in [3.8, 4) is 0 Å². The van der Waals surface area contributed by atoms with Gasteiger partial charge >= 0.3 is 0 Å². The molecule has 0 saturated carbocycles. The molecule has 0 aromatic heterocycles. The standard InChI is InChI=1S/C26H31N3O3/c1-3-22(14-13-19-7-5-4-6-8-19)26(32)29-18-23(30)15-24(29)25(31)28-17-21-11-9-20(10-12-21)16-27-2/h3-12,16,22-24,30H,1,13-15,17-18H2,2H3,(H,28,31)/b27-16-/t22-,23+,24+/m1/s1. The lowest BCUT2D eigenvalue weighted by molar-refractivity contribution is -0.140. The third kappa shape index (κ3) is 6.14. The number of benzene rings is 2. The van der Waals surface area contributed by atoms with E-state index in [1.165, 1.54) is 4.90 Å². The fraction of sp³-hybridized carbons (Fsp3) is 0.346. The number of rotatable bonds is 9. The Hall–Kier alpha value is -3.25. The zero-order valence-corrected chi connectivity index (χ0v) is 18.5. The summed E-state index contributed by atoms with van der Waals surface area (Å²) in [6.07, 6.45) is 4.30. The molecule has 6 heteroatoms. The van der Waals surface area contributed by atoms with Gasteiger partial charge in [-0.2, -0.15) is 0 Å². The van der Waals surface area contributed by atoms with Crippen LogP contribution in [0.4, 0.5) is 0 Å². The number of nitrogens with zero attached hydrogens (tertiary/aromatic N) is 2. The number of aliphatic hydroxyl groups excluding tert-OH is 1. The molecule has 168 valence electrons. The van der Waals surface area contributed by atoms with Gasteiger partial charge in [0.2, 0.25) is 11.8 Å².